The second kappa shape index (κ2) is 9.91. The van der Waals surface area contributed by atoms with Crippen LogP contribution in [0.4, 0.5) is 22.0 Å². The fourth-order valence-electron chi connectivity index (χ4n) is 5.79. The zero-order chi connectivity index (χ0) is 29.6. The van der Waals surface area contributed by atoms with Gasteiger partial charge in [0.05, 0.1) is 11.1 Å². The molecule has 3 aromatic rings. The maximum absolute atomic E-state index is 14.9. The standard InChI is InChI=1S/C32H15F5N4/c1-16-22(31(40-2)41-3)12-24-26(16)27(17-6-4-8-20(33)10-17)25-13-23(19(14-38)15-39)30(32(35,36)37)29(25)28(24)18-7-5-9-21(34)11-18/h4-11H,12-13H2,1H3. The number of hydrogen-bond acceptors (Lipinski definition) is 2. The number of nitriles is 2. The highest BCUT2D eigenvalue weighted by atomic mass is 19.4. The van der Waals surface area contributed by atoms with E-state index in [9.17, 15) is 32.5 Å². The van der Waals surface area contributed by atoms with E-state index in [1.165, 1.54) is 36.4 Å². The average Bonchev–Trinajstić information content (AvgIpc) is 3.47. The summed E-state index contributed by atoms with van der Waals surface area (Å²) in [7, 11) is 0. The molecule has 0 spiro atoms. The highest BCUT2D eigenvalue weighted by molar-refractivity contribution is 5.93. The number of benzene rings is 3. The summed E-state index contributed by atoms with van der Waals surface area (Å²) in [6, 6.07) is 13.5. The first-order chi connectivity index (χ1) is 19.5. The van der Waals surface area contributed by atoms with Crippen molar-refractivity contribution < 1.29 is 22.0 Å². The van der Waals surface area contributed by atoms with Crippen molar-refractivity contribution in [3.05, 3.63) is 127 Å². The van der Waals surface area contributed by atoms with Gasteiger partial charge < -0.3 is 0 Å². The summed E-state index contributed by atoms with van der Waals surface area (Å²) >= 11 is 0. The van der Waals surface area contributed by atoms with Gasteiger partial charge in [-0.2, -0.15) is 33.4 Å². The smallest absolute Gasteiger partial charge is 0.207 e. The highest BCUT2D eigenvalue weighted by Crippen LogP contribution is 2.44. The number of nitrogens with zero attached hydrogens (tertiary/aromatic N) is 4. The van der Waals surface area contributed by atoms with Crippen LogP contribution < -0.4 is 10.4 Å². The van der Waals surface area contributed by atoms with Gasteiger partial charge in [-0.1, -0.05) is 24.3 Å². The second-order valence-electron chi connectivity index (χ2n) is 9.43. The molecule has 0 saturated heterocycles. The van der Waals surface area contributed by atoms with Gasteiger partial charge in [0.2, 0.25) is 0 Å². The molecule has 0 bridgehead atoms. The zero-order valence-electron chi connectivity index (χ0n) is 21.2. The SMILES string of the molecule is [C-]#[N+]C([N+]#[C-])=C1Cc2c(-c3cccc(F)c3)c3c(c(-c4cccc(F)c4)c2=C1C)CC(=C(C#N)C#N)C=3C(F)(F)F. The summed E-state index contributed by atoms with van der Waals surface area (Å²) in [5.41, 5.74) is -0.651. The van der Waals surface area contributed by atoms with Gasteiger partial charge in [-0.05, 0) is 92.6 Å². The van der Waals surface area contributed by atoms with Crippen molar-refractivity contribution in [2.45, 2.75) is 25.9 Å². The summed E-state index contributed by atoms with van der Waals surface area (Å²) in [5, 5.41) is 19.2. The normalized spacial score (nSPS) is 13.6. The molecule has 41 heavy (non-hydrogen) atoms. The molecule has 0 radical (unpaired) electrons. The molecule has 0 N–H and O–H groups in total. The van der Waals surface area contributed by atoms with Gasteiger partial charge in [-0.25, -0.2) is 8.78 Å². The predicted molar refractivity (Wildman–Crippen MR) is 141 cm³/mol. The van der Waals surface area contributed by atoms with Gasteiger partial charge in [0.15, 0.2) is 0 Å². The Morgan fingerprint density at radius 3 is 1.76 bits per heavy atom. The first kappa shape index (κ1) is 27.1. The number of alkyl halides is 3. The molecule has 0 atom stereocenters. The average molecular weight is 550 g/mol. The van der Waals surface area contributed by atoms with E-state index in [-0.39, 0.29) is 45.3 Å². The van der Waals surface area contributed by atoms with E-state index < -0.39 is 41.0 Å². The molecule has 0 fully saturated rings. The van der Waals surface area contributed by atoms with Gasteiger partial charge in [0, 0.05) is 6.42 Å². The van der Waals surface area contributed by atoms with Crippen LogP contribution in [0, 0.1) is 47.4 Å². The zero-order valence-corrected chi connectivity index (χ0v) is 21.2. The van der Waals surface area contributed by atoms with Crippen molar-refractivity contribution in [2.24, 2.45) is 0 Å². The Hall–Kier alpha value is -5.51. The molecule has 0 aromatic heterocycles. The number of rotatable bonds is 2. The molecule has 0 saturated carbocycles. The highest BCUT2D eigenvalue weighted by Gasteiger charge is 2.44. The number of allylic oxidation sites excluding steroid dienone is 3. The lowest BCUT2D eigenvalue weighted by Gasteiger charge is -2.17. The Labute approximate surface area is 231 Å². The van der Waals surface area contributed by atoms with E-state index in [2.05, 4.69) is 9.69 Å². The Morgan fingerprint density at radius 2 is 1.29 bits per heavy atom. The van der Waals surface area contributed by atoms with Crippen molar-refractivity contribution in [1.29, 1.82) is 10.5 Å². The van der Waals surface area contributed by atoms with Crippen molar-refractivity contribution in [2.75, 3.05) is 0 Å². The van der Waals surface area contributed by atoms with Crippen LogP contribution in [-0.2, 0) is 12.8 Å². The van der Waals surface area contributed by atoms with Crippen molar-refractivity contribution in [1.82, 2.24) is 0 Å². The van der Waals surface area contributed by atoms with E-state index in [1.54, 1.807) is 19.1 Å². The molecular weight excluding hydrogens is 535 g/mol. The lowest BCUT2D eigenvalue weighted by Crippen LogP contribution is -2.27. The monoisotopic (exact) mass is 550 g/mol. The second-order valence-corrected chi connectivity index (χ2v) is 9.43. The Morgan fingerprint density at radius 1 is 0.805 bits per heavy atom. The van der Waals surface area contributed by atoms with Crippen molar-refractivity contribution >= 4 is 11.1 Å². The van der Waals surface area contributed by atoms with Crippen LogP contribution in [0.1, 0.15) is 18.1 Å². The Kier molecular flexibility index (Phi) is 6.54. The fourth-order valence-corrected chi connectivity index (χ4v) is 5.79. The van der Waals surface area contributed by atoms with Crippen LogP contribution in [0.15, 0.2) is 71.1 Å². The van der Waals surface area contributed by atoms with Gasteiger partial charge >= 0.3 is 12.0 Å². The minimum absolute atomic E-state index is 0.0240. The molecular formula is C32H15F5N4. The van der Waals surface area contributed by atoms with E-state index in [1.807, 2.05) is 0 Å². The molecule has 2 aliphatic rings. The van der Waals surface area contributed by atoms with Gasteiger partial charge in [0.25, 0.3) is 0 Å². The van der Waals surface area contributed by atoms with Crippen LogP contribution >= 0.6 is 0 Å². The summed E-state index contributed by atoms with van der Waals surface area (Å²) in [5.74, 6) is -1.60. The predicted octanol–water partition coefficient (Wildman–Crippen LogP) is 6.69. The molecule has 4 nitrogen and oxygen atoms in total. The van der Waals surface area contributed by atoms with Gasteiger partial charge in [0.1, 0.15) is 42.5 Å². The maximum Gasteiger partial charge on any atom is 0.523 e. The van der Waals surface area contributed by atoms with Crippen molar-refractivity contribution in [3.63, 3.8) is 0 Å². The third-order valence-corrected chi connectivity index (χ3v) is 7.31. The third kappa shape index (κ3) is 4.26. The molecule has 3 aromatic carbocycles. The Bertz CT molecular complexity index is 2020. The number of halogens is 5. The van der Waals surface area contributed by atoms with Crippen LogP contribution in [0.25, 0.3) is 43.1 Å². The van der Waals surface area contributed by atoms with Gasteiger partial charge in [-0.3, -0.25) is 0 Å². The van der Waals surface area contributed by atoms with E-state index in [0.717, 1.165) is 12.1 Å². The quantitative estimate of drug-likeness (QED) is 0.203. The topological polar surface area (TPSA) is 56.3 Å². The van der Waals surface area contributed by atoms with E-state index in [4.69, 9.17) is 13.1 Å². The minimum Gasteiger partial charge on any atom is -0.207 e. The van der Waals surface area contributed by atoms with Crippen molar-refractivity contribution in [3.8, 4) is 34.4 Å². The number of hydrogen-bond donors (Lipinski definition) is 0. The molecule has 9 heteroatoms. The lowest BCUT2D eigenvalue weighted by atomic mass is 9.86. The molecule has 0 aliphatic heterocycles. The molecule has 198 valence electrons. The van der Waals surface area contributed by atoms with Crippen LogP contribution in [0.5, 0.6) is 0 Å². The lowest BCUT2D eigenvalue weighted by molar-refractivity contribution is -0.0695. The minimum atomic E-state index is -5.02. The molecule has 0 amide bonds. The first-order valence-electron chi connectivity index (χ1n) is 12.1. The maximum atomic E-state index is 14.9. The van der Waals surface area contributed by atoms with Gasteiger partial charge in [-0.15, -0.1) is 0 Å². The third-order valence-electron chi connectivity index (χ3n) is 7.31. The van der Waals surface area contributed by atoms with E-state index in [0.29, 0.717) is 21.9 Å². The van der Waals surface area contributed by atoms with Crippen LogP contribution in [0.3, 0.4) is 0 Å². The summed E-state index contributed by atoms with van der Waals surface area (Å²) in [6.07, 6.45) is -5.59. The largest absolute Gasteiger partial charge is 0.523 e. The van der Waals surface area contributed by atoms with Crippen LogP contribution in [0.2, 0.25) is 0 Å². The Balaban J connectivity index is 2.17. The summed E-state index contributed by atoms with van der Waals surface area (Å²) < 4.78 is 73.8. The van der Waals surface area contributed by atoms with E-state index >= 15 is 0 Å². The fraction of sp³-hybridized carbons (Fsp3) is 0.125. The molecule has 0 heterocycles. The molecule has 2 aliphatic carbocycles. The summed E-state index contributed by atoms with van der Waals surface area (Å²) in [4.78, 5) is 6.63. The first-order valence-corrected chi connectivity index (χ1v) is 12.1. The summed E-state index contributed by atoms with van der Waals surface area (Å²) in [6.45, 7) is 16.6. The number of fused-ring (bicyclic) bond motifs is 2. The molecule has 0 unspecified atom stereocenters. The molecule has 5 rings (SSSR count). The van der Waals surface area contributed by atoms with Crippen LogP contribution in [-0.4, -0.2) is 6.18 Å².